The van der Waals surface area contributed by atoms with Crippen molar-refractivity contribution < 1.29 is 14.3 Å². The Morgan fingerprint density at radius 2 is 1.77 bits per heavy atom. The summed E-state index contributed by atoms with van der Waals surface area (Å²) in [6, 6.07) is 14.9. The van der Waals surface area contributed by atoms with Crippen molar-refractivity contribution >= 4 is 28.7 Å². The van der Waals surface area contributed by atoms with E-state index in [1.54, 1.807) is 44.4 Å². The van der Waals surface area contributed by atoms with Crippen LogP contribution in [-0.4, -0.2) is 96.8 Å². The monoisotopic (exact) mass is 529 g/mol. The summed E-state index contributed by atoms with van der Waals surface area (Å²) in [4.78, 5) is 36.0. The number of hydrogen-bond donors (Lipinski definition) is 2. The van der Waals surface area contributed by atoms with Crippen LogP contribution in [0.15, 0.2) is 54.7 Å². The lowest BCUT2D eigenvalue weighted by atomic mass is 10.0. The summed E-state index contributed by atoms with van der Waals surface area (Å²) in [5.74, 6) is 0.498. The van der Waals surface area contributed by atoms with Crippen LogP contribution in [0.4, 0.5) is 10.5 Å². The van der Waals surface area contributed by atoms with Crippen LogP contribution in [0.1, 0.15) is 17.3 Å². The number of amides is 3. The van der Waals surface area contributed by atoms with E-state index >= 15 is 0 Å². The first kappa shape index (κ1) is 27.6. The van der Waals surface area contributed by atoms with Crippen molar-refractivity contribution in [3.8, 4) is 28.1 Å². The van der Waals surface area contributed by atoms with Crippen LogP contribution in [0.25, 0.3) is 33.4 Å². The Hall–Kier alpha value is -4.44. The molecule has 0 radical (unpaired) electrons. The van der Waals surface area contributed by atoms with Crippen LogP contribution in [0.5, 0.6) is 5.75 Å². The molecule has 0 spiro atoms. The first-order valence-electron chi connectivity index (χ1n) is 12.8. The Balaban J connectivity index is 1.72. The minimum absolute atomic E-state index is 0.212. The molecule has 0 bridgehead atoms. The molecule has 10 nitrogen and oxygen atoms in total. The highest BCUT2D eigenvalue weighted by atomic mass is 16.5. The van der Waals surface area contributed by atoms with Crippen LogP contribution < -0.4 is 10.1 Å². The van der Waals surface area contributed by atoms with Crippen molar-refractivity contribution in [2.75, 3.05) is 60.3 Å². The second kappa shape index (κ2) is 12.0. The van der Waals surface area contributed by atoms with Gasteiger partial charge in [-0.05, 0) is 56.9 Å². The molecule has 10 heteroatoms. The molecule has 0 aliphatic carbocycles. The Bertz CT molecular complexity index is 1480. The molecule has 2 aromatic heterocycles. The van der Waals surface area contributed by atoms with Crippen molar-refractivity contribution in [2.24, 2.45) is 0 Å². The molecule has 4 aromatic rings. The van der Waals surface area contributed by atoms with E-state index < -0.39 is 0 Å². The number of ether oxygens (including phenoxy) is 1. The molecular weight excluding hydrogens is 494 g/mol. The molecular formula is C29H35N7O3. The Labute approximate surface area is 228 Å². The minimum atomic E-state index is -0.247. The minimum Gasteiger partial charge on any atom is -0.496 e. The highest BCUT2D eigenvalue weighted by molar-refractivity contribution is 6.04. The molecule has 4 rings (SSSR count). The Kier molecular flexibility index (Phi) is 8.46. The zero-order chi connectivity index (χ0) is 28.1. The highest BCUT2D eigenvalue weighted by Gasteiger charge is 2.20. The molecule has 2 aromatic carbocycles. The molecule has 2 N–H and O–H groups in total. The van der Waals surface area contributed by atoms with Crippen molar-refractivity contribution in [3.05, 3.63) is 60.3 Å². The lowest BCUT2D eigenvalue weighted by molar-refractivity contribution is 0.0828. The van der Waals surface area contributed by atoms with Gasteiger partial charge >= 0.3 is 6.03 Å². The van der Waals surface area contributed by atoms with Gasteiger partial charge in [0, 0.05) is 56.4 Å². The number of hydrogen-bond acceptors (Lipinski definition) is 6. The lowest BCUT2D eigenvalue weighted by Gasteiger charge is -2.24. The van der Waals surface area contributed by atoms with Crippen molar-refractivity contribution in [3.63, 3.8) is 0 Å². The number of aromatic amines is 1. The van der Waals surface area contributed by atoms with Gasteiger partial charge in [-0.1, -0.05) is 18.2 Å². The third-order valence-corrected chi connectivity index (χ3v) is 6.50. The van der Waals surface area contributed by atoms with Gasteiger partial charge in [0.15, 0.2) is 5.65 Å². The zero-order valence-electron chi connectivity index (χ0n) is 23.3. The number of nitrogens with zero attached hydrogens (tertiary/aromatic N) is 5. The van der Waals surface area contributed by atoms with Gasteiger partial charge in [-0.2, -0.15) is 5.10 Å². The number of benzene rings is 2. The molecule has 0 atom stereocenters. The molecule has 204 valence electrons. The quantitative estimate of drug-likeness (QED) is 0.333. The molecule has 2 heterocycles. The van der Waals surface area contributed by atoms with Crippen molar-refractivity contribution in [1.29, 1.82) is 0 Å². The van der Waals surface area contributed by atoms with Gasteiger partial charge in [0.05, 0.1) is 18.4 Å². The number of methoxy groups -OCH3 is 1. The highest BCUT2D eigenvalue weighted by Crippen LogP contribution is 2.35. The second-order valence-electron chi connectivity index (χ2n) is 9.67. The number of carbonyl (C=O) groups excluding carboxylic acids is 2. The smallest absolute Gasteiger partial charge is 0.321 e. The van der Waals surface area contributed by atoms with E-state index in [0.717, 1.165) is 34.3 Å². The van der Waals surface area contributed by atoms with E-state index in [-0.39, 0.29) is 11.9 Å². The summed E-state index contributed by atoms with van der Waals surface area (Å²) in [6.07, 6.45) is 1.74. The average Bonchev–Trinajstić information content (AvgIpc) is 3.36. The van der Waals surface area contributed by atoms with Crippen LogP contribution >= 0.6 is 0 Å². The van der Waals surface area contributed by atoms with Gasteiger partial charge in [-0.15, -0.1) is 0 Å². The number of pyridine rings is 1. The largest absolute Gasteiger partial charge is 0.496 e. The first-order chi connectivity index (χ1) is 18.7. The number of likely N-dealkylation sites (N-methyl/N-ethyl adjacent to an activating group) is 2. The summed E-state index contributed by atoms with van der Waals surface area (Å²) in [5.41, 5.74) is 4.67. The number of rotatable bonds is 9. The summed E-state index contributed by atoms with van der Waals surface area (Å²) >= 11 is 0. The van der Waals surface area contributed by atoms with E-state index in [1.807, 2.05) is 62.3 Å². The fourth-order valence-electron chi connectivity index (χ4n) is 4.28. The summed E-state index contributed by atoms with van der Waals surface area (Å²) < 4.78 is 5.54. The van der Waals surface area contributed by atoms with Gasteiger partial charge in [0.1, 0.15) is 11.4 Å². The Morgan fingerprint density at radius 3 is 2.46 bits per heavy atom. The molecule has 0 fully saturated rings. The molecule has 0 saturated heterocycles. The molecule has 0 saturated carbocycles. The van der Waals surface area contributed by atoms with Gasteiger partial charge in [-0.25, -0.2) is 9.78 Å². The number of fused-ring (bicyclic) bond motifs is 1. The number of carbonyl (C=O) groups is 2. The number of H-pyrrole nitrogens is 1. The van der Waals surface area contributed by atoms with Gasteiger partial charge in [0.25, 0.3) is 5.91 Å². The van der Waals surface area contributed by atoms with Crippen molar-refractivity contribution in [2.45, 2.75) is 6.92 Å². The van der Waals surface area contributed by atoms with Crippen LogP contribution in [0, 0.1) is 0 Å². The number of urea groups is 1. The van der Waals surface area contributed by atoms with Crippen molar-refractivity contribution in [1.82, 2.24) is 29.9 Å². The summed E-state index contributed by atoms with van der Waals surface area (Å²) in [7, 11) is 8.94. The summed E-state index contributed by atoms with van der Waals surface area (Å²) in [5, 5.41) is 11.3. The maximum absolute atomic E-state index is 13.2. The third kappa shape index (κ3) is 6.01. The third-order valence-electron chi connectivity index (χ3n) is 6.50. The van der Waals surface area contributed by atoms with E-state index in [0.29, 0.717) is 35.7 Å². The van der Waals surface area contributed by atoms with Gasteiger partial charge < -0.3 is 24.8 Å². The first-order valence-corrected chi connectivity index (χ1v) is 12.8. The van der Waals surface area contributed by atoms with Gasteiger partial charge in [-0.3, -0.25) is 9.89 Å². The normalized spacial score (nSPS) is 11.1. The Morgan fingerprint density at radius 1 is 1.00 bits per heavy atom. The fraction of sp³-hybridized carbons (Fsp3) is 0.310. The summed E-state index contributed by atoms with van der Waals surface area (Å²) in [6.45, 7) is 3.81. The molecule has 0 unspecified atom stereocenters. The fourth-order valence-corrected chi connectivity index (χ4v) is 4.28. The van der Waals surface area contributed by atoms with E-state index in [4.69, 9.17) is 4.74 Å². The molecule has 39 heavy (non-hydrogen) atoms. The number of nitrogens with one attached hydrogen (secondary N) is 2. The maximum atomic E-state index is 13.2. The van der Waals surface area contributed by atoms with Crippen LogP contribution in [0.3, 0.4) is 0 Å². The van der Waals surface area contributed by atoms with E-state index in [2.05, 4.69) is 20.5 Å². The number of para-hydroxylation sites is 1. The SMILES string of the molecule is CCN(CCN(C)C)C(=O)Nc1ccc(-c2cnc3[nH]nc(-c4ccccc4OC)c3c2)cc1C(=O)N(C)C. The topological polar surface area (TPSA) is 107 Å². The van der Waals surface area contributed by atoms with Crippen LogP contribution in [-0.2, 0) is 0 Å². The average molecular weight is 530 g/mol. The molecule has 0 aliphatic heterocycles. The second-order valence-corrected chi connectivity index (χ2v) is 9.67. The number of anilines is 1. The zero-order valence-corrected chi connectivity index (χ0v) is 23.3. The van der Waals surface area contributed by atoms with E-state index in [9.17, 15) is 9.59 Å². The van der Waals surface area contributed by atoms with Gasteiger partial charge in [0.2, 0.25) is 0 Å². The molecule has 3 amide bonds. The lowest BCUT2D eigenvalue weighted by Crippen LogP contribution is -2.39. The standard InChI is InChI=1S/C29H35N7O3/c1-7-36(15-14-34(2)3)29(38)31-24-13-12-19(16-22(24)28(37)35(4)5)20-17-23-26(32-33-27(23)30-18-20)21-10-8-9-11-25(21)39-6/h8-13,16-18H,7,14-15H2,1-6H3,(H,31,38)(H,30,32,33). The number of aromatic nitrogens is 3. The van der Waals surface area contributed by atoms with Crippen LogP contribution in [0.2, 0.25) is 0 Å². The predicted octanol–water partition coefficient (Wildman–Crippen LogP) is 4.42. The molecule has 0 aliphatic rings. The predicted molar refractivity (Wildman–Crippen MR) is 154 cm³/mol. The maximum Gasteiger partial charge on any atom is 0.321 e. The van der Waals surface area contributed by atoms with E-state index in [1.165, 1.54) is 4.90 Å².